The third-order valence-corrected chi connectivity index (χ3v) is 7.05. The van der Waals surface area contributed by atoms with Crippen molar-refractivity contribution in [2.24, 2.45) is 0 Å². The average molecular weight is 486 g/mol. The number of hydrogen-bond donors (Lipinski definition) is 0. The number of hydrogen-bond acceptors (Lipinski definition) is 6. The van der Waals surface area contributed by atoms with E-state index in [1.807, 2.05) is 0 Å². The maximum absolute atomic E-state index is 13.6. The molecular weight excluding hydrogens is 461 g/mol. The number of rotatable bonds is 8. The Bertz CT molecular complexity index is 1150. The highest BCUT2D eigenvalue weighted by Crippen LogP contribution is 2.30. The van der Waals surface area contributed by atoms with Gasteiger partial charge in [-0.25, -0.2) is 17.8 Å². The van der Waals surface area contributed by atoms with Gasteiger partial charge >= 0.3 is 0 Å². The van der Waals surface area contributed by atoms with Crippen molar-refractivity contribution < 1.29 is 17.6 Å². The molecule has 3 aromatic rings. The maximum atomic E-state index is 13.6. The van der Waals surface area contributed by atoms with Crippen molar-refractivity contribution >= 4 is 54.8 Å². The van der Waals surface area contributed by atoms with Crippen LogP contribution in [0.5, 0.6) is 0 Å². The van der Waals surface area contributed by atoms with Crippen LogP contribution in [0.4, 0.5) is 9.52 Å². The van der Waals surface area contributed by atoms with E-state index in [0.29, 0.717) is 34.0 Å². The number of sulfone groups is 1. The van der Waals surface area contributed by atoms with Crippen molar-refractivity contribution in [2.75, 3.05) is 37.3 Å². The summed E-state index contributed by atoms with van der Waals surface area (Å²) in [4.78, 5) is 21.8. The van der Waals surface area contributed by atoms with Gasteiger partial charge in [0.25, 0.3) is 5.91 Å². The summed E-state index contributed by atoms with van der Waals surface area (Å²) < 4.78 is 37.7. The summed E-state index contributed by atoms with van der Waals surface area (Å²) in [6.07, 6.45) is 1.13. The van der Waals surface area contributed by atoms with Crippen molar-refractivity contribution in [1.29, 1.82) is 0 Å². The molecule has 6 nitrogen and oxygen atoms in total. The van der Waals surface area contributed by atoms with Crippen molar-refractivity contribution in [3.05, 3.63) is 53.8 Å². The molecule has 1 heterocycles. The van der Waals surface area contributed by atoms with Gasteiger partial charge in [0, 0.05) is 24.9 Å². The fraction of sp³-hybridized carbons (Fsp3) is 0.333. The van der Waals surface area contributed by atoms with Crippen molar-refractivity contribution in [3.8, 4) is 0 Å². The standard InChI is InChI=1S/C21H24FN3O3S2.ClH/c1-4-24(5-2)12-13-25(21-23-18-11-8-16(22)14-19(18)29-21)20(26)15-6-9-17(10-7-15)30(3,27)28;/h6-11,14H,4-5,12-13H2,1-3H3;1H. The van der Waals surface area contributed by atoms with Crippen LogP contribution in [-0.2, 0) is 9.84 Å². The largest absolute Gasteiger partial charge is 0.302 e. The Hall–Kier alpha value is -2.07. The van der Waals surface area contributed by atoms with Crippen LogP contribution in [0, 0.1) is 5.82 Å². The molecule has 168 valence electrons. The van der Waals surface area contributed by atoms with E-state index < -0.39 is 9.84 Å². The molecule has 1 amide bonds. The van der Waals surface area contributed by atoms with Crippen LogP contribution >= 0.6 is 23.7 Å². The Kier molecular flexibility index (Phi) is 8.53. The van der Waals surface area contributed by atoms with Gasteiger partial charge in [0.2, 0.25) is 0 Å². The van der Waals surface area contributed by atoms with E-state index in [0.717, 1.165) is 19.3 Å². The van der Waals surface area contributed by atoms with Crippen molar-refractivity contribution in [3.63, 3.8) is 0 Å². The lowest BCUT2D eigenvalue weighted by atomic mass is 10.2. The Morgan fingerprint density at radius 1 is 1.06 bits per heavy atom. The molecule has 31 heavy (non-hydrogen) atoms. The van der Waals surface area contributed by atoms with Gasteiger partial charge in [0.1, 0.15) is 5.82 Å². The summed E-state index contributed by atoms with van der Waals surface area (Å²) in [7, 11) is -3.34. The molecule has 0 radical (unpaired) electrons. The fourth-order valence-corrected chi connectivity index (χ4v) is 4.71. The maximum Gasteiger partial charge on any atom is 0.260 e. The first-order valence-corrected chi connectivity index (χ1v) is 12.3. The molecule has 0 bridgehead atoms. The number of amides is 1. The first kappa shape index (κ1) is 25.2. The van der Waals surface area contributed by atoms with Gasteiger partial charge in [-0.15, -0.1) is 12.4 Å². The molecule has 0 aliphatic heterocycles. The SMILES string of the molecule is CCN(CC)CCN(C(=O)c1ccc(S(C)(=O)=O)cc1)c1nc2ccc(F)cc2s1.Cl. The number of thiazole rings is 1. The van der Waals surface area contributed by atoms with E-state index in [1.54, 1.807) is 11.0 Å². The zero-order valence-corrected chi connectivity index (χ0v) is 20.0. The predicted molar refractivity (Wildman–Crippen MR) is 126 cm³/mol. The molecule has 3 rings (SSSR count). The Morgan fingerprint density at radius 2 is 1.71 bits per heavy atom. The summed E-state index contributed by atoms with van der Waals surface area (Å²) in [5.41, 5.74) is 0.997. The molecule has 0 atom stereocenters. The van der Waals surface area contributed by atoms with Crippen LogP contribution in [0.2, 0.25) is 0 Å². The topological polar surface area (TPSA) is 70.6 Å². The highest BCUT2D eigenvalue weighted by Gasteiger charge is 2.22. The lowest BCUT2D eigenvalue weighted by molar-refractivity contribution is 0.0983. The van der Waals surface area contributed by atoms with Crippen LogP contribution in [0.3, 0.4) is 0 Å². The number of carbonyl (C=O) groups is 1. The van der Waals surface area contributed by atoms with Gasteiger partial charge < -0.3 is 4.90 Å². The normalized spacial score (nSPS) is 11.5. The molecule has 1 aromatic heterocycles. The Balaban J connectivity index is 0.00000341. The van der Waals surface area contributed by atoms with Gasteiger partial charge in [0.15, 0.2) is 15.0 Å². The van der Waals surface area contributed by atoms with Crippen molar-refractivity contribution in [1.82, 2.24) is 9.88 Å². The highest BCUT2D eigenvalue weighted by molar-refractivity contribution is 7.90. The van der Waals surface area contributed by atoms with Crippen LogP contribution in [0.25, 0.3) is 10.2 Å². The van der Waals surface area contributed by atoms with Crippen LogP contribution in [0.15, 0.2) is 47.4 Å². The first-order chi connectivity index (χ1) is 14.2. The monoisotopic (exact) mass is 485 g/mol. The first-order valence-electron chi connectivity index (χ1n) is 9.63. The van der Waals surface area contributed by atoms with Crippen LogP contribution in [-0.4, -0.2) is 56.6 Å². The summed E-state index contributed by atoms with van der Waals surface area (Å²) in [5, 5.41) is 0.486. The van der Waals surface area contributed by atoms with E-state index in [2.05, 4.69) is 23.7 Å². The van der Waals surface area contributed by atoms with Gasteiger partial charge in [-0.1, -0.05) is 25.2 Å². The van der Waals surface area contributed by atoms with Gasteiger partial charge in [-0.3, -0.25) is 9.69 Å². The highest BCUT2D eigenvalue weighted by atomic mass is 35.5. The van der Waals surface area contributed by atoms with Gasteiger partial charge in [-0.05, 0) is 55.6 Å². The smallest absolute Gasteiger partial charge is 0.260 e. The molecule has 0 saturated carbocycles. The molecule has 0 spiro atoms. The number of carbonyl (C=O) groups excluding carboxylic acids is 1. The number of anilines is 1. The molecule has 0 aliphatic carbocycles. The third-order valence-electron chi connectivity index (χ3n) is 4.88. The second-order valence-corrected chi connectivity index (χ2v) is 9.91. The Morgan fingerprint density at radius 3 is 2.29 bits per heavy atom. The number of halogens is 2. The lowest BCUT2D eigenvalue weighted by Gasteiger charge is -2.24. The summed E-state index contributed by atoms with van der Waals surface area (Å²) in [5.74, 6) is -0.628. The summed E-state index contributed by atoms with van der Waals surface area (Å²) >= 11 is 1.26. The molecule has 0 saturated heterocycles. The molecule has 0 aliphatic rings. The Labute approximate surface area is 192 Å². The zero-order valence-electron chi connectivity index (χ0n) is 17.5. The minimum absolute atomic E-state index is 0. The van der Waals surface area contributed by atoms with Crippen LogP contribution < -0.4 is 4.90 Å². The summed E-state index contributed by atoms with van der Waals surface area (Å²) in [6, 6.07) is 10.2. The van der Waals surface area contributed by atoms with E-state index in [1.165, 1.54) is 47.7 Å². The quantitative estimate of drug-likeness (QED) is 0.477. The molecule has 0 fully saturated rings. The lowest BCUT2D eigenvalue weighted by Crippen LogP contribution is -2.38. The van der Waals surface area contributed by atoms with Gasteiger partial charge in [0.05, 0.1) is 15.1 Å². The van der Waals surface area contributed by atoms with Crippen LogP contribution in [0.1, 0.15) is 24.2 Å². The third kappa shape index (κ3) is 6.00. The van der Waals surface area contributed by atoms with E-state index in [9.17, 15) is 17.6 Å². The van der Waals surface area contributed by atoms with Crippen molar-refractivity contribution in [2.45, 2.75) is 18.7 Å². The molecule has 2 aromatic carbocycles. The molecule has 0 N–H and O–H groups in total. The fourth-order valence-electron chi connectivity index (χ4n) is 3.07. The predicted octanol–water partition coefficient (Wildman–Crippen LogP) is 4.25. The average Bonchev–Trinajstić information content (AvgIpc) is 3.13. The number of nitrogens with zero attached hydrogens (tertiary/aromatic N) is 3. The molecular formula is C21H25ClFN3O3S2. The number of fused-ring (bicyclic) bond motifs is 1. The second-order valence-electron chi connectivity index (χ2n) is 6.89. The molecule has 10 heteroatoms. The minimum Gasteiger partial charge on any atom is -0.302 e. The zero-order chi connectivity index (χ0) is 21.9. The molecule has 0 unspecified atom stereocenters. The summed E-state index contributed by atoms with van der Waals surface area (Å²) in [6.45, 7) is 6.89. The van der Waals surface area contributed by atoms with E-state index >= 15 is 0 Å². The van der Waals surface area contributed by atoms with E-state index in [-0.39, 0.29) is 29.0 Å². The number of benzene rings is 2. The van der Waals surface area contributed by atoms with E-state index in [4.69, 9.17) is 0 Å². The van der Waals surface area contributed by atoms with Gasteiger partial charge in [-0.2, -0.15) is 0 Å². The minimum atomic E-state index is -3.34. The number of likely N-dealkylation sites (N-methyl/N-ethyl adjacent to an activating group) is 1. The second kappa shape index (κ2) is 10.5. The number of aromatic nitrogens is 1.